The normalized spacial score (nSPS) is 14.4. The average molecular weight is 456 g/mol. The Kier molecular flexibility index (Phi) is 5.11. The van der Waals surface area contributed by atoms with Crippen molar-refractivity contribution in [3.63, 3.8) is 0 Å². The number of amides is 1. The molecule has 0 radical (unpaired) electrons. The Bertz CT molecular complexity index is 1260. The molecule has 1 aliphatic heterocycles. The molecule has 9 heteroatoms. The van der Waals surface area contributed by atoms with Crippen LogP contribution < -0.4 is 4.90 Å². The number of hydrogen-bond donors (Lipinski definition) is 0. The summed E-state index contributed by atoms with van der Waals surface area (Å²) in [4.78, 5) is 21.6. The van der Waals surface area contributed by atoms with Crippen LogP contribution in [0.25, 0.3) is 16.0 Å². The lowest BCUT2D eigenvalue weighted by Crippen LogP contribution is -2.48. The van der Waals surface area contributed by atoms with Crippen molar-refractivity contribution in [1.29, 1.82) is 0 Å². The molecule has 1 fully saturated rings. The summed E-state index contributed by atoms with van der Waals surface area (Å²) in [7, 11) is 0. The van der Waals surface area contributed by atoms with E-state index >= 15 is 0 Å². The van der Waals surface area contributed by atoms with E-state index in [1.165, 1.54) is 12.1 Å². The molecule has 2 aromatic heterocycles. The third kappa shape index (κ3) is 3.77. The molecule has 158 valence electrons. The van der Waals surface area contributed by atoms with Gasteiger partial charge in [-0.3, -0.25) is 4.79 Å². The first-order chi connectivity index (χ1) is 15.0. The molecular weight excluding hydrogens is 437 g/mol. The number of aryl methyl sites for hydroxylation is 1. The second-order valence-corrected chi connectivity index (χ2v) is 8.83. The van der Waals surface area contributed by atoms with Gasteiger partial charge in [-0.2, -0.15) is 10.1 Å². The molecule has 0 atom stereocenters. The van der Waals surface area contributed by atoms with Crippen molar-refractivity contribution < 1.29 is 9.18 Å². The number of carbonyl (C=O) groups is 1. The van der Waals surface area contributed by atoms with E-state index in [4.69, 9.17) is 16.6 Å². The summed E-state index contributed by atoms with van der Waals surface area (Å²) >= 11 is 7.62. The molecule has 3 heterocycles. The van der Waals surface area contributed by atoms with Crippen molar-refractivity contribution in [3.8, 4) is 5.69 Å². The monoisotopic (exact) mass is 455 g/mol. The Balaban J connectivity index is 1.35. The zero-order valence-corrected chi connectivity index (χ0v) is 18.3. The standard InChI is InChI=1S/C22H19ClFN5OS/c1-14-19-20(29(26-14)18-7-5-17(24)6-8-18)25-22(31-19)28-11-9-27(10-12-28)21(30)15-3-2-4-16(23)13-15/h2-8,13H,9-12H2,1H3. The number of piperazine rings is 1. The molecule has 0 bridgehead atoms. The van der Waals surface area contributed by atoms with Gasteiger partial charge in [0.05, 0.1) is 16.1 Å². The third-order valence-electron chi connectivity index (χ3n) is 5.36. The first kappa shape index (κ1) is 20.0. The van der Waals surface area contributed by atoms with Gasteiger partial charge in [0.25, 0.3) is 5.91 Å². The molecule has 0 N–H and O–H groups in total. The summed E-state index contributed by atoms with van der Waals surface area (Å²) in [6.45, 7) is 4.58. The molecule has 31 heavy (non-hydrogen) atoms. The smallest absolute Gasteiger partial charge is 0.254 e. The highest BCUT2D eigenvalue weighted by molar-refractivity contribution is 7.22. The number of aromatic nitrogens is 3. The van der Waals surface area contributed by atoms with E-state index in [1.807, 2.05) is 11.8 Å². The van der Waals surface area contributed by atoms with Crippen LogP contribution >= 0.6 is 22.9 Å². The number of nitrogens with zero attached hydrogens (tertiary/aromatic N) is 5. The Morgan fingerprint density at radius 1 is 1.10 bits per heavy atom. The minimum Gasteiger partial charge on any atom is -0.344 e. The predicted molar refractivity (Wildman–Crippen MR) is 121 cm³/mol. The van der Waals surface area contributed by atoms with Crippen molar-refractivity contribution in [2.45, 2.75) is 6.92 Å². The van der Waals surface area contributed by atoms with Crippen LogP contribution in [0.2, 0.25) is 5.02 Å². The van der Waals surface area contributed by atoms with E-state index in [0.29, 0.717) is 36.8 Å². The fraction of sp³-hybridized carbons (Fsp3) is 0.227. The fourth-order valence-electron chi connectivity index (χ4n) is 3.73. The van der Waals surface area contributed by atoms with Crippen LogP contribution in [-0.2, 0) is 0 Å². The zero-order chi connectivity index (χ0) is 21.5. The molecule has 6 nitrogen and oxygen atoms in total. The van der Waals surface area contributed by atoms with Crippen LogP contribution in [0.1, 0.15) is 16.1 Å². The predicted octanol–water partition coefficient (Wildman–Crippen LogP) is 4.55. The lowest BCUT2D eigenvalue weighted by Gasteiger charge is -2.34. The van der Waals surface area contributed by atoms with Gasteiger partial charge in [0.15, 0.2) is 10.8 Å². The Labute approximate surface area is 187 Å². The average Bonchev–Trinajstić information content (AvgIpc) is 3.35. The van der Waals surface area contributed by atoms with Gasteiger partial charge >= 0.3 is 0 Å². The van der Waals surface area contributed by atoms with Gasteiger partial charge in [0.1, 0.15) is 5.82 Å². The van der Waals surface area contributed by atoms with E-state index in [-0.39, 0.29) is 11.7 Å². The van der Waals surface area contributed by atoms with E-state index in [9.17, 15) is 9.18 Å². The maximum absolute atomic E-state index is 13.3. The SMILES string of the molecule is Cc1nn(-c2ccc(F)cc2)c2nc(N3CCN(C(=O)c4cccc(Cl)c4)CC3)sc12. The Morgan fingerprint density at radius 2 is 1.84 bits per heavy atom. The van der Waals surface area contributed by atoms with E-state index in [1.54, 1.807) is 52.4 Å². The van der Waals surface area contributed by atoms with Crippen molar-refractivity contribution in [2.24, 2.45) is 0 Å². The van der Waals surface area contributed by atoms with Crippen LogP contribution in [0.3, 0.4) is 0 Å². The molecule has 0 spiro atoms. The van der Waals surface area contributed by atoms with Gasteiger partial charge < -0.3 is 9.80 Å². The Morgan fingerprint density at radius 3 is 2.55 bits per heavy atom. The van der Waals surface area contributed by atoms with Crippen LogP contribution in [0.5, 0.6) is 0 Å². The topological polar surface area (TPSA) is 54.3 Å². The number of thiazole rings is 1. The van der Waals surface area contributed by atoms with Crippen LogP contribution in [0, 0.1) is 12.7 Å². The van der Waals surface area contributed by atoms with Gasteiger partial charge in [0, 0.05) is 36.8 Å². The van der Waals surface area contributed by atoms with Gasteiger partial charge in [-0.05, 0) is 49.4 Å². The van der Waals surface area contributed by atoms with Crippen LogP contribution in [0.15, 0.2) is 48.5 Å². The summed E-state index contributed by atoms with van der Waals surface area (Å²) < 4.78 is 16.1. The minimum atomic E-state index is -0.284. The quantitative estimate of drug-likeness (QED) is 0.455. The summed E-state index contributed by atoms with van der Waals surface area (Å²) in [6, 6.07) is 13.3. The number of rotatable bonds is 3. The molecule has 4 aromatic rings. The van der Waals surface area contributed by atoms with Gasteiger partial charge in [-0.1, -0.05) is 29.0 Å². The molecular formula is C22H19ClFN5OS. The summed E-state index contributed by atoms with van der Waals surface area (Å²) in [5.41, 5.74) is 3.03. The number of carbonyl (C=O) groups excluding carboxylic acids is 1. The summed E-state index contributed by atoms with van der Waals surface area (Å²) in [5.74, 6) is -0.290. The third-order valence-corrected chi connectivity index (χ3v) is 6.81. The number of fused-ring (bicyclic) bond motifs is 1. The number of halogens is 2. The molecule has 1 aliphatic rings. The van der Waals surface area contributed by atoms with Crippen molar-refractivity contribution in [2.75, 3.05) is 31.1 Å². The molecule has 0 unspecified atom stereocenters. The molecule has 1 saturated heterocycles. The van der Waals surface area contributed by atoms with Crippen molar-refractivity contribution in [1.82, 2.24) is 19.7 Å². The number of anilines is 1. The summed E-state index contributed by atoms with van der Waals surface area (Å²) in [6.07, 6.45) is 0. The van der Waals surface area contributed by atoms with E-state index < -0.39 is 0 Å². The first-order valence-electron chi connectivity index (χ1n) is 9.91. The summed E-state index contributed by atoms with van der Waals surface area (Å²) in [5, 5.41) is 6.04. The van der Waals surface area contributed by atoms with Gasteiger partial charge in [-0.15, -0.1) is 0 Å². The first-order valence-corrected chi connectivity index (χ1v) is 11.1. The second-order valence-electron chi connectivity index (χ2n) is 7.41. The minimum absolute atomic E-state index is 0.00533. The maximum Gasteiger partial charge on any atom is 0.254 e. The molecule has 5 rings (SSSR count). The zero-order valence-electron chi connectivity index (χ0n) is 16.8. The fourth-order valence-corrected chi connectivity index (χ4v) is 4.95. The van der Waals surface area contributed by atoms with Gasteiger partial charge in [-0.25, -0.2) is 9.07 Å². The highest BCUT2D eigenvalue weighted by Crippen LogP contribution is 2.33. The second kappa shape index (κ2) is 7.94. The largest absolute Gasteiger partial charge is 0.344 e. The van der Waals surface area contributed by atoms with Crippen LogP contribution in [-0.4, -0.2) is 51.8 Å². The molecule has 0 saturated carbocycles. The number of benzene rings is 2. The highest BCUT2D eigenvalue weighted by atomic mass is 35.5. The van der Waals surface area contributed by atoms with Crippen LogP contribution in [0.4, 0.5) is 9.52 Å². The lowest BCUT2D eigenvalue weighted by molar-refractivity contribution is 0.0747. The molecule has 0 aliphatic carbocycles. The Hall–Kier alpha value is -2.97. The highest BCUT2D eigenvalue weighted by Gasteiger charge is 2.25. The van der Waals surface area contributed by atoms with E-state index in [2.05, 4.69) is 10.00 Å². The lowest BCUT2D eigenvalue weighted by atomic mass is 10.2. The maximum atomic E-state index is 13.3. The number of hydrogen-bond acceptors (Lipinski definition) is 5. The molecule has 1 amide bonds. The van der Waals surface area contributed by atoms with Gasteiger partial charge in [0.2, 0.25) is 0 Å². The van der Waals surface area contributed by atoms with Crippen molar-refractivity contribution >= 4 is 44.3 Å². The molecule has 2 aromatic carbocycles. The van der Waals surface area contributed by atoms with Crippen molar-refractivity contribution in [3.05, 3.63) is 70.6 Å². The van der Waals surface area contributed by atoms with E-state index in [0.717, 1.165) is 26.9 Å².